The number of nitrogens with one attached hydrogen (secondary N) is 1. The molecule has 1 aromatic carbocycles. The van der Waals surface area contributed by atoms with Gasteiger partial charge in [0.1, 0.15) is 5.69 Å². The lowest BCUT2D eigenvalue weighted by Gasteiger charge is -2.14. The molecule has 1 fully saturated rings. The topological polar surface area (TPSA) is 77.2 Å². The highest BCUT2D eigenvalue weighted by molar-refractivity contribution is 7.09. The van der Waals surface area contributed by atoms with Gasteiger partial charge < -0.3 is 15.8 Å². The molecule has 0 saturated heterocycles. The Balaban J connectivity index is 1.63. The maximum Gasteiger partial charge on any atom is 0.275 e. The molecular weight excluding hydrogens is 329 g/mol. The summed E-state index contributed by atoms with van der Waals surface area (Å²) >= 11 is 1.39. The smallest absolute Gasteiger partial charge is 0.275 e. The van der Waals surface area contributed by atoms with E-state index in [1.54, 1.807) is 17.5 Å². The second kappa shape index (κ2) is 7.72. The Hall–Kier alpha value is -1.99. The summed E-state index contributed by atoms with van der Waals surface area (Å²) in [7, 11) is 0. The summed E-state index contributed by atoms with van der Waals surface area (Å²) in [5.41, 5.74) is 6.17. The first-order valence-corrected chi connectivity index (χ1v) is 8.95. The fourth-order valence-corrected chi connectivity index (χ4v) is 3.50. The molecule has 0 radical (unpaired) electrons. The number of hydrogen-bond donors (Lipinski definition) is 2. The van der Waals surface area contributed by atoms with Crippen LogP contribution in [-0.2, 0) is 6.42 Å². The molecule has 3 N–H and O–H groups in total. The van der Waals surface area contributed by atoms with Gasteiger partial charge in [-0.2, -0.15) is 0 Å². The van der Waals surface area contributed by atoms with Crippen molar-refractivity contribution in [2.45, 2.75) is 38.2 Å². The molecule has 3 rings (SSSR count). The third-order valence-electron chi connectivity index (χ3n) is 3.93. The monoisotopic (exact) mass is 349 g/mol. The zero-order valence-corrected chi connectivity index (χ0v) is 14.1. The SMILES string of the molecule is NCCc1nc(C(=O)Nc2ccc(OC3CCCC3)c(F)c2)cs1. The minimum Gasteiger partial charge on any atom is -0.487 e. The number of carbonyl (C=O) groups is 1. The van der Waals surface area contributed by atoms with Gasteiger partial charge in [0.2, 0.25) is 0 Å². The summed E-state index contributed by atoms with van der Waals surface area (Å²) in [4.78, 5) is 16.4. The summed E-state index contributed by atoms with van der Waals surface area (Å²) in [5, 5.41) is 5.14. The van der Waals surface area contributed by atoms with Gasteiger partial charge in [-0.05, 0) is 44.4 Å². The van der Waals surface area contributed by atoms with Crippen LogP contribution in [0.4, 0.5) is 10.1 Å². The number of benzene rings is 1. The van der Waals surface area contributed by atoms with Crippen molar-refractivity contribution in [1.29, 1.82) is 0 Å². The molecule has 128 valence electrons. The highest BCUT2D eigenvalue weighted by Crippen LogP contribution is 2.27. The molecule has 0 aliphatic heterocycles. The van der Waals surface area contributed by atoms with E-state index in [-0.39, 0.29) is 17.8 Å². The van der Waals surface area contributed by atoms with E-state index < -0.39 is 5.82 Å². The largest absolute Gasteiger partial charge is 0.487 e. The first-order chi connectivity index (χ1) is 11.7. The van der Waals surface area contributed by atoms with Crippen LogP contribution in [0.2, 0.25) is 0 Å². The summed E-state index contributed by atoms with van der Waals surface area (Å²) in [6, 6.07) is 4.47. The molecule has 0 bridgehead atoms. The Kier molecular flexibility index (Phi) is 5.42. The number of anilines is 1. The second-order valence-corrected chi connectivity index (χ2v) is 6.73. The molecule has 1 saturated carbocycles. The Morgan fingerprint density at radius 3 is 2.92 bits per heavy atom. The Morgan fingerprint density at radius 2 is 2.21 bits per heavy atom. The van der Waals surface area contributed by atoms with Gasteiger partial charge in [0.15, 0.2) is 11.6 Å². The summed E-state index contributed by atoms with van der Waals surface area (Å²) in [5.74, 6) is -0.598. The molecule has 0 spiro atoms. The number of hydrogen-bond acceptors (Lipinski definition) is 5. The van der Waals surface area contributed by atoms with E-state index in [4.69, 9.17) is 10.5 Å². The third kappa shape index (κ3) is 4.10. The first-order valence-electron chi connectivity index (χ1n) is 8.07. The summed E-state index contributed by atoms with van der Waals surface area (Å²) < 4.78 is 19.8. The lowest BCUT2D eigenvalue weighted by molar-refractivity contribution is 0.102. The predicted molar refractivity (Wildman–Crippen MR) is 92.1 cm³/mol. The average molecular weight is 349 g/mol. The van der Waals surface area contributed by atoms with Gasteiger partial charge in [-0.15, -0.1) is 11.3 Å². The van der Waals surface area contributed by atoms with Crippen LogP contribution in [0.15, 0.2) is 23.6 Å². The zero-order chi connectivity index (χ0) is 16.9. The minimum atomic E-state index is -0.471. The van der Waals surface area contributed by atoms with E-state index in [1.165, 1.54) is 17.4 Å². The van der Waals surface area contributed by atoms with Crippen molar-refractivity contribution >= 4 is 22.9 Å². The molecule has 0 unspecified atom stereocenters. The van der Waals surface area contributed by atoms with Crippen molar-refractivity contribution in [3.63, 3.8) is 0 Å². The van der Waals surface area contributed by atoms with Crippen LogP contribution >= 0.6 is 11.3 Å². The van der Waals surface area contributed by atoms with Crippen LogP contribution in [0.5, 0.6) is 5.75 Å². The quantitative estimate of drug-likeness (QED) is 0.838. The number of ether oxygens (including phenoxy) is 1. The molecule has 1 aliphatic rings. The predicted octanol–water partition coefficient (Wildman–Crippen LogP) is 3.36. The van der Waals surface area contributed by atoms with Gasteiger partial charge >= 0.3 is 0 Å². The van der Waals surface area contributed by atoms with Gasteiger partial charge in [-0.1, -0.05) is 0 Å². The average Bonchev–Trinajstić information content (AvgIpc) is 3.22. The standard InChI is InChI=1S/C17H20FN3O2S/c18-13-9-11(5-6-15(13)23-12-3-1-2-4-12)20-17(22)14-10-24-16(21-14)7-8-19/h5-6,9-10,12H,1-4,7-8,19H2,(H,20,22). The maximum absolute atomic E-state index is 14.2. The highest BCUT2D eigenvalue weighted by atomic mass is 32.1. The first kappa shape index (κ1) is 16.9. The molecule has 2 aromatic rings. The number of halogens is 1. The molecule has 7 heteroatoms. The third-order valence-corrected chi connectivity index (χ3v) is 4.84. The molecule has 5 nitrogen and oxygen atoms in total. The number of amides is 1. The number of aromatic nitrogens is 1. The molecular formula is C17H20FN3O2S. The normalized spacial score (nSPS) is 14.8. The molecule has 24 heavy (non-hydrogen) atoms. The van der Waals surface area contributed by atoms with Crippen LogP contribution in [0.1, 0.15) is 41.2 Å². The van der Waals surface area contributed by atoms with Crippen molar-refractivity contribution in [1.82, 2.24) is 4.98 Å². The molecule has 1 heterocycles. The van der Waals surface area contributed by atoms with Gasteiger partial charge in [0, 0.05) is 23.6 Å². The van der Waals surface area contributed by atoms with E-state index >= 15 is 0 Å². The Labute approximate surface area is 144 Å². The lowest BCUT2D eigenvalue weighted by atomic mass is 10.2. The fraction of sp³-hybridized carbons (Fsp3) is 0.412. The van der Waals surface area contributed by atoms with Crippen molar-refractivity contribution in [2.75, 3.05) is 11.9 Å². The van der Waals surface area contributed by atoms with Crippen LogP contribution in [0, 0.1) is 5.82 Å². The van der Waals surface area contributed by atoms with Gasteiger partial charge in [-0.25, -0.2) is 9.37 Å². The second-order valence-electron chi connectivity index (χ2n) is 5.79. The lowest BCUT2D eigenvalue weighted by Crippen LogP contribution is -2.14. The molecule has 1 aliphatic carbocycles. The minimum absolute atomic E-state index is 0.0934. The van der Waals surface area contributed by atoms with Crippen LogP contribution in [-0.4, -0.2) is 23.5 Å². The van der Waals surface area contributed by atoms with E-state index in [0.29, 0.717) is 24.3 Å². The maximum atomic E-state index is 14.2. The van der Waals surface area contributed by atoms with Crippen molar-refractivity contribution in [3.8, 4) is 5.75 Å². The van der Waals surface area contributed by atoms with Crippen molar-refractivity contribution in [3.05, 3.63) is 40.1 Å². The number of carbonyl (C=O) groups excluding carboxylic acids is 1. The van der Waals surface area contributed by atoms with E-state index in [0.717, 1.165) is 30.7 Å². The van der Waals surface area contributed by atoms with Crippen LogP contribution < -0.4 is 15.8 Å². The Bertz CT molecular complexity index is 714. The van der Waals surface area contributed by atoms with Gasteiger partial charge in [0.05, 0.1) is 11.1 Å². The summed E-state index contributed by atoms with van der Waals surface area (Å²) in [6.45, 7) is 0.488. The van der Waals surface area contributed by atoms with E-state index in [2.05, 4.69) is 10.3 Å². The van der Waals surface area contributed by atoms with E-state index in [9.17, 15) is 9.18 Å². The van der Waals surface area contributed by atoms with Gasteiger partial charge in [0.25, 0.3) is 5.91 Å². The van der Waals surface area contributed by atoms with Crippen LogP contribution in [0.25, 0.3) is 0 Å². The zero-order valence-electron chi connectivity index (χ0n) is 13.3. The van der Waals surface area contributed by atoms with E-state index in [1.807, 2.05) is 0 Å². The molecule has 1 aromatic heterocycles. The van der Waals surface area contributed by atoms with Crippen LogP contribution in [0.3, 0.4) is 0 Å². The van der Waals surface area contributed by atoms with Crippen molar-refractivity contribution in [2.24, 2.45) is 5.73 Å². The fourth-order valence-electron chi connectivity index (χ4n) is 2.71. The number of rotatable bonds is 6. The number of nitrogens with two attached hydrogens (primary N) is 1. The number of nitrogens with zero attached hydrogens (tertiary/aromatic N) is 1. The molecule has 0 atom stereocenters. The summed E-state index contributed by atoms with van der Waals surface area (Å²) in [6.07, 6.45) is 4.91. The highest BCUT2D eigenvalue weighted by Gasteiger charge is 2.18. The Morgan fingerprint density at radius 1 is 1.42 bits per heavy atom. The number of thiazole rings is 1. The van der Waals surface area contributed by atoms with Crippen molar-refractivity contribution < 1.29 is 13.9 Å². The van der Waals surface area contributed by atoms with Gasteiger partial charge in [-0.3, -0.25) is 4.79 Å². The molecule has 1 amide bonds.